The Labute approximate surface area is 306 Å². The molecule has 0 unspecified atom stereocenters. The Morgan fingerprint density at radius 2 is 1.11 bits per heavy atom. The van der Waals surface area contributed by atoms with Crippen LogP contribution in [0.3, 0.4) is 0 Å². The van der Waals surface area contributed by atoms with E-state index in [0.717, 1.165) is 40.5 Å². The summed E-state index contributed by atoms with van der Waals surface area (Å²) >= 11 is 0. The lowest BCUT2D eigenvalue weighted by Crippen LogP contribution is -2.16. The van der Waals surface area contributed by atoms with Crippen molar-refractivity contribution in [3.63, 3.8) is 0 Å². The van der Waals surface area contributed by atoms with Crippen molar-refractivity contribution >= 4 is 81.6 Å². The summed E-state index contributed by atoms with van der Waals surface area (Å²) in [6, 6.07) is 51.8. The molecule has 0 amide bonds. The van der Waals surface area contributed by atoms with Crippen LogP contribution in [0, 0.1) is 0 Å². The highest BCUT2D eigenvalue weighted by Crippen LogP contribution is 2.52. The van der Waals surface area contributed by atoms with E-state index in [1.54, 1.807) is 0 Å². The molecule has 0 bridgehead atoms. The van der Waals surface area contributed by atoms with E-state index >= 15 is 0 Å². The summed E-state index contributed by atoms with van der Waals surface area (Å²) in [7, 11) is 0. The van der Waals surface area contributed by atoms with Crippen LogP contribution in [0.2, 0.25) is 0 Å². The molecule has 0 fully saturated rings. The van der Waals surface area contributed by atoms with Crippen LogP contribution in [0.1, 0.15) is 37.8 Å². The topological polar surface area (TPSA) is 18.1 Å². The third kappa shape index (κ3) is 3.93. The molecule has 2 aliphatic rings. The third-order valence-corrected chi connectivity index (χ3v) is 12.4. The van der Waals surface area contributed by atoms with Gasteiger partial charge in [0, 0.05) is 32.6 Å². The molecule has 2 aromatic heterocycles. The van der Waals surface area contributed by atoms with E-state index in [2.05, 4.69) is 170 Å². The van der Waals surface area contributed by atoms with Gasteiger partial charge in [-0.3, -0.25) is 0 Å². The number of allylic oxidation sites excluding steroid dienone is 4. The Kier molecular flexibility index (Phi) is 5.71. The molecule has 8 aromatic carbocycles. The minimum Gasteiger partial charge on any atom is -0.456 e. The second kappa shape index (κ2) is 10.4. The Morgan fingerprint density at radius 1 is 0.509 bits per heavy atom. The first-order valence-electron chi connectivity index (χ1n) is 18.8. The van der Waals surface area contributed by atoms with Gasteiger partial charge in [0.2, 0.25) is 0 Å². The van der Waals surface area contributed by atoms with E-state index in [-0.39, 0.29) is 5.41 Å². The zero-order valence-corrected chi connectivity index (χ0v) is 29.7. The van der Waals surface area contributed by atoms with E-state index < -0.39 is 0 Å². The maximum absolute atomic E-state index is 6.49. The van der Waals surface area contributed by atoms with Gasteiger partial charge in [-0.1, -0.05) is 111 Å². The molecule has 2 nitrogen and oxygen atoms in total. The van der Waals surface area contributed by atoms with Gasteiger partial charge >= 0.3 is 0 Å². The summed E-state index contributed by atoms with van der Waals surface area (Å²) < 4.78 is 8.95. The predicted octanol–water partition coefficient (Wildman–Crippen LogP) is 14.2. The van der Waals surface area contributed by atoms with E-state index in [9.17, 15) is 0 Å². The normalized spacial score (nSPS) is 15.2. The van der Waals surface area contributed by atoms with Gasteiger partial charge in [-0.05, 0) is 133 Å². The number of rotatable bonds is 2. The third-order valence-electron chi connectivity index (χ3n) is 12.4. The van der Waals surface area contributed by atoms with Gasteiger partial charge in [0.1, 0.15) is 11.2 Å². The molecule has 0 aliphatic heterocycles. The van der Waals surface area contributed by atoms with Crippen molar-refractivity contribution in [2.45, 2.75) is 32.1 Å². The van der Waals surface area contributed by atoms with Crippen molar-refractivity contribution in [2.75, 3.05) is 0 Å². The number of fused-ring (bicyclic) bond motifs is 14. The minimum atomic E-state index is -0.0275. The maximum Gasteiger partial charge on any atom is 0.135 e. The summed E-state index contributed by atoms with van der Waals surface area (Å²) in [4.78, 5) is 0. The van der Waals surface area contributed by atoms with Crippen molar-refractivity contribution in [3.8, 4) is 16.8 Å². The number of aromatic nitrogens is 1. The Balaban J connectivity index is 1.05. The number of benzene rings is 8. The van der Waals surface area contributed by atoms with Gasteiger partial charge in [-0.25, -0.2) is 0 Å². The van der Waals surface area contributed by atoms with Crippen LogP contribution < -0.4 is 0 Å². The van der Waals surface area contributed by atoms with Crippen molar-refractivity contribution in [1.29, 1.82) is 0 Å². The van der Waals surface area contributed by atoms with Crippen LogP contribution in [0.4, 0.5) is 0 Å². The minimum absolute atomic E-state index is 0.0275. The molecular weight excluding hydrogens is 643 g/mol. The Morgan fingerprint density at radius 3 is 1.87 bits per heavy atom. The summed E-state index contributed by atoms with van der Waals surface area (Å²) in [5, 5.41) is 12.6. The van der Waals surface area contributed by atoms with Crippen LogP contribution >= 0.6 is 0 Å². The zero-order valence-electron chi connectivity index (χ0n) is 29.7. The number of furan rings is 1. The largest absolute Gasteiger partial charge is 0.456 e. The molecule has 250 valence electrons. The van der Waals surface area contributed by atoms with Crippen LogP contribution in [-0.2, 0) is 5.41 Å². The molecule has 0 N–H and O–H groups in total. The first kappa shape index (κ1) is 29.2. The lowest BCUT2D eigenvalue weighted by molar-refractivity contribution is 0.652. The fourth-order valence-corrected chi connectivity index (χ4v) is 9.91. The highest BCUT2D eigenvalue weighted by molar-refractivity contribution is 6.26. The molecule has 0 spiro atoms. The molecule has 0 saturated carbocycles. The number of hydrogen-bond acceptors (Lipinski definition) is 1. The maximum atomic E-state index is 6.49. The summed E-state index contributed by atoms with van der Waals surface area (Å²) in [6.45, 7) is 4.79. The molecule has 0 saturated heterocycles. The molecule has 2 aliphatic carbocycles. The fourth-order valence-electron chi connectivity index (χ4n) is 9.91. The Hall–Kier alpha value is -6.38. The van der Waals surface area contributed by atoms with E-state index in [1.807, 2.05) is 0 Å². The smallest absolute Gasteiger partial charge is 0.135 e. The monoisotopic (exact) mass is 677 g/mol. The first-order valence-corrected chi connectivity index (χ1v) is 18.8. The number of para-hydroxylation sites is 1. The second-order valence-corrected chi connectivity index (χ2v) is 15.6. The molecule has 0 radical (unpaired) electrons. The average molecular weight is 678 g/mol. The second-order valence-electron chi connectivity index (χ2n) is 15.6. The standard InChI is InChI=1S/C51H35NO/c1-51(2)45-17-9-7-15-38(45)41-28-42-39-16-8-10-18-47(39)52(48(42)29-46(41)51)32-21-24-50-44(27-32)43-26-31(20-23-49(43)53-50)30-19-22-37-35-13-4-3-11-33(35)34-12-5-6-14-36(34)40(37)25-30/h3-6,8-14,16-29H,7,15H2,1-2H3. The van der Waals surface area contributed by atoms with Gasteiger partial charge in [0.05, 0.1) is 11.0 Å². The average Bonchev–Trinajstić information content (AvgIpc) is 3.81. The predicted molar refractivity (Wildman–Crippen MR) is 224 cm³/mol. The molecule has 0 atom stereocenters. The molecule has 53 heavy (non-hydrogen) atoms. The van der Waals surface area contributed by atoms with Gasteiger partial charge in [-0.15, -0.1) is 0 Å². The molecule has 2 heteroatoms. The summed E-state index contributed by atoms with van der Waals surface area (Å²) in [5.41, 5.74) is 13.7. The lowest BCUT2D eigenvalue weighted by atomic mass is 9.80. The molecule has 10 aromatic rings. The SMILES string of the molecule is CC1(C)C2=C(CCC=C2)c2cc3c4ccccc4n(-c4ccc5oc6ccc(-c7ccc8c9ccccc9c9ccccc9c8c7)cc6c5c4)c3cc21. The summed E-state index contributed by atoms with van der Waals surface area (Å²) in [5.74, 6) is 0. The first-order chi connectivity index (χ1) is 26.0. The van der Waals surface area contributed by atoms with Crippen LogP contribution in [0.25, 0.3) is 98.4 Å². The van der Waals surface area contributed by atoms with Crippen molar-refractivity contribution in [3.05, 3.63) is 168 Å². The van der Waals surface area contributed by atoms with Crippen LogP contribution in [-0.4, -0.2) is 4.57 Å². The summed E-state index contributed by atoms with van der Waals surface area (Å²) in [6.07, 6.45) is 6.96. The quantitative estimate of drug-likeness (QED) is 0.167. The lowest BCUT2D eigenvalue weighted by Gasteiger charge is -2.24. The fraction of sp³-hybridized carbons (Fsp3) is 0.0980. The van der Waals surface area contributed by atoms with Crippen molar-refractivity contribution in [1.82, 2.24) is 4.57 Å². The van der Waals surface area contributed by atoms with Crippen LogP contribution in [0.15, 0.2) is 162 Å². The van der Waals surface area contributed by atoms with Gasteiger partial charge < -0.3 is 8.98 Å². The molecule has 2 heterocycles. The van der Waals surface area contributed by atoms with Gasteiger partial charge in [-0.2, -0.15) is 0 Å². The van der Waals surface area contributed by atoms with E-state index in [0.29, 0.717) is 0 Å². The highest BCUT2D eigenvalue weighted by atomic mass is 16.3. The van der Waals surface area contributed by atoms with Crippen molar-refractivity contribution in [2.24, 2.45) is 0 Å². The zero-order chi connectivity index (χ0) is 35.0. The van der Waals surface area contributed by atoms with E-state index in [1.165, 1.54) is 87.5 Å². The number of nitrogens with zero attached hydrogens (tertiary/aromatic N) is 1. The van der Waals surface area contributed by atoms with Gasteiger partial charge in [0.25, 0.3) is 0 Å². The van der Waals surface area contributed by atoms with E-state index in [4.69, 9.17) is 4.42 Å². The molecular formula is C51H35NO. The van der Waals surface area contributed by atoms with Crippen molar-refractivity contribution < 1.29 is 4.42 Å². The van der Waals surface area contributed by atoms with Gasteiger partial charge in [0.15, 0.2) is 0 Å². The highest BCUT2D eigenvalue weighted by Gasteiger charge is 2.38. The van der Waals surface area contributed by atoms with Crippen LogP contribution in [0.5, 0.6) is 0 Å². The molecule has 12 rings (SSSR count). The Bertz CT molecular complexity index is 3270. The number of hydrogen-bond donors (Lipinski definition) is 0.